The van der Waals surface area contributed by atoms with Crippen LogP contribution in [0.3, 0.4) is 0 Å². The summed E-state index contributed by atoms with van der Waals surface area (Å²) in [5, 5.41) is 3.16. The SMILES string of the molecule is CNCC1CCN(CC(=O)NNC(=O)c2ccccc2)C1. The van der Waals surface area contributed by atoms with Crippen molar-refractivity contribution < 1.29 is 9.59 Å². The van der Waals surface area contributed by atoms with Gasteiger partial charge in [-0.2, -0.15) is 0 Å². The molecular formula is C15H22N4O2. The number of hydrogen-bond donors (Lipinski definition) is 3. The van der Waals surface area contributed by atoms with Gasteiger partial charge in [-0.05, 0) is 44.6 Å². The van der Waals surface area contributed by atoms with E-state index in [1.165, 1.54) is 0 Å². The molecular weight excluding hydrogens is 268 g/mol. The van der Waals surface area contributed by atoms with Crippen molar-refractivity contribution in [2.75, 3.05) is 33.2 Å². The van der Waals surface area contributed by atoms with E-state index in [1.54, 1.807) is 24.3 Å². The smallest absolute Gasteiger partial charge is 0.269 e. The molecule has 1 aliphatic heterocycles. The zero-order valence-electron chi connectivity index (χ0n) is 12.3. The number of likely N-dealkylation sites (tertiary alicyclic amines) is 1. The zero-order valence-corrected chi connectivity index (χ0v) is 12.3. The molecule has 1 saturated heterocycles. The molecule has 0 bridgehead atoms. The fraction of sp³-hybridized carbons (Fsp3) is 0.467. The monoisotopic (exact) mass is 290 g/mol. The van der Waals surface area contributed by atoms with Crippen molar-refractivity contribution in [1.82, 2.24) is 21.1 Å². The number of nitrogens with zero attached hydrogens (tertiary/aromatic N) is 1. The third kappa shape index (κ3) is 4.84. The molecule has 1 aliphatic rings. The lowest BCUT2D eigenvalue weighted by atomic mass is 10.1. The summed E-state index contributed by atoms with van der Waals surface area (Å²) in [6, 6.07) is 8.80. The highest BCUT2D eigenvalue weighted by Gasteiger charge is 2.23. The Balaban J connectivity index is 1.70. The molecule has 114 valence electrons. The normalized spacial score (nSPS) is 18.4. The first kappa shape index (κ1) is 15.5. The van der Waals surface area contributed by atoms with Crippen molar-refractivity contribution in [3.8, 4) is 0 Å². The summed E-state index contributed by atoms with van der Waals surface area (Å²) in [4.78, 5) is 25.7. The maximum Gasteiger partial charge on any atom is 0.269 e. The molecule has 1 aromatic carbocycles. The molecule has 0 spiro atoms. The largest absolute Gasteiger partial charge is 0.319 e. The van der Waals surface area contributed by atoms with Gasteiger partial charge in [-0.25, -0.2) is 0 Å². The van der Waals surface area contributed by atoms with Crippen LogP contribution in [0.4, 0.5) is 0 Å². The molecule has 1 atom stereocenters. The standard InChI is InChI=1S/C15H22N4O2/c1-16-9-12-7-8-19(10-12)11-14(20)17-18-15(21)13-5-3-2-4-6-13/h2-6,12,16H,7-11H2,1H3,(H,17,20)(H,18,21). The Morgan fingerprint density at radius 2 is 2.00 bits per heavy atom. The molecule has 2 amide bonds. The van der Waals surface area contributed by atoms with E-state index in [0.717, 1.165) is 26.1 Å². The van der Waals surface area contributed by atoms with Gasteiger partial charge in [-0.1, -0.05) is 18.2 Å². The molecule has 0 aliphatic carbocycles. The molecule has 0 aromatic heterocycles. The number of carbonyl (C=O) groups is 2. The van der Waals surface area contributed by atoms with Crippen LogP contribution in [0.25, 0.3) is 0 Å². The summed E-state index contributed by atoms with van der Waals surface area (Å²) >= 11 is 0. The first-order valence-electron chi connectivity index (χ1n) is 7.20. The minimum absolute atomic E-state index is 0.190. The first-order chi connectivity index (χ1) is 10.2. The quantitative estimate of drug-likeness (QED) is 0.667. The first-order valence-corrected chi connectivity index (χ1v) is 7.20. The summed E-state index contributed by atoms with van der Waals surface area (Å²) < 4.78 is 0. The van der Waals surface area contributed by atoms with Crippen LogP contribution in [0.2, 0.25) is 0 Å². The van der Waals surface area contributed by atoms with Crippen LogP contribution in [0.5, 0.6) is 0 Å². The highest BCUT2D eigenvalue weighted by atomic mass is 16.2. The number of carbonyl (C=O) groups excluding carboxylic acids is 2. The van der Waals surface area contributed by atoms with Gasteiger partial charge >= 0.3 is 0 Å². The topological polar surface area (TPSA) is 73.5 Å². The maximum atomic E-state index is 11.8. The maximum absolute atomic E-state index is 11.8. The summed E-state index contributed by atoms with van der Waals surface area (Å²) in [6.45, 7) is 3.13. The van der Waals surface area contributed by atoms with Crippen LogP contribution >= 0.6 is 0 Å². The molecule has 1 heterocycles. The molecule has 0 saturated carbocycles. The lowest BCUT2D eigenvalue weighted by Crippen LogP contribution is -2.46. The third-order valence-corrected chi connectivity index (χ3v) is 3.58. The van der Waals surface area contributed by atoms with Gasteiger partial charge in [0, 0.05) is 12.1 Å². The number of rotatable bonds is 5. The van der Waals surface area contributed by atoms with Gasteiger partial charge in [0.1, 0.15) is 0 Å². The van der Waals surface area contributed by atoms with Gasteiger partial charge in [-0.15, -0.1) is 0 Å². The Labute approximate surface area is 124 Å². The third-order valence-electron chi connectivity index (χ3n) is 3.58. The highest BCUT2D eigenvalue weighted by Crippen LogP contribution is 2.14. The Morgan fingerprint density at radius 3 is 2.71 bits per heavy atom. The molecule has 1 fully saturated rings. The van der Waals surface area contributed by atoms with Gasteiger partial charge in [-0.3, -0.25) is 25.3 Å². The number of hydrogen-bond acceptors (Lipinski definition) is 4. The molecule has 21 heavy (non-hydrogen) atoms. The second-order valence-electron chi connectivity index (χ2n) is 5.32. The van der Waals surface area contributed by atoms with E-state index < -0.39 is 0 Å². The van der Waals surface area contributed by atoms with Crippen LogP contribution in [-0.2, 0) is 4.79 Å². The second kappa shape index (κ2) is 7.75. The van der Waals surface area contributed by atoms with Crippen molar-refractivity contribution in [3.05, 3.63) is 35.9 Å². The lowest BCUT2D eigenvalue weighted by Gasteiger charge is -2.15. The molecule has 2 rings (SSSR count). The Hall–Kier alpha value is -1.92. The van der Waals surface area contributed by atoms with Crippen LogP contribution in [0.1, 0.15) is 16.8 Å². The molecule has 6 heteroatoms. The van der Waals surface area contributed by atoms with Crippen molar-refractivity contribution in [2.24, 2.45) is 5.92 Å². The van der Waals surface area contributed by atoms with Crippen molar-refractivity contribution in [3.63, 3.8) is 0 Å². The van der Waals surface area contributed by atoms with Gasteiger partial charge in [0.25, 0.3) is 11.8 Å². The van der Waals surface area contributed by atoms with E-state index in [4.69, 9.17) is 0 Å². The van der Waals surface area contributed by atoms with E-state index in [-0.39, 0.29) is 11.8 Å². The van der Waals surface area contributed by atoms with E-state index >= 15 is 0 Å². The summed E-state index contributed by atoms with van der Waals surface area (Å²) in [7, 11) is 1.94. The van der Waals surface area contributed by atoms with Gasteiger partial charge in [0.2, 0.25) is 0 Å². The Morgan fingerprint density at radius 1 is 1.24 bits per heavy atom. The predicted octanol–water partition coefficient (Wildman–Crippen LogP) is -0.0111. The van der Waals surface area contributed by atoms with E-state index in [1.807, 2.05) is 13.1 Å². The summed E-state index contributed by atoms with van der Waals surface area (Å²) in [5.74, 6) is 0.101. The van der Waals surface area contributed by atoms with Gasteiger partial charge in [0.15, 0.2) is 0 Å². The zero-order chi connectivity index (χ0) is 15.1. The van der Waals surface area contributed by atoms with Crippen LogP contribution < -0.4 is 16.2 Å². The fourth-order valence-corrected chi connectivity index (χ4v) is 2.54. The van der Waals surface area contributed by atoms with E-state index in [0.29, 0.717) is 18.0 Å². The fourth-order valence-electron chi connectivity index (χ4n) is 2.54. The lowest BCUT2D eigenvalue weighted by molar-refractivity contribution is -0.122. The molecule has 0 radical (unpaired) electrons. The van der Waals surface area contributed by atoms with Gasteiger partial charge in [0.05, 0.1) is 6.54 Å². The summed E-state index contributed by atoms with van der Waals surface area (Å²) in [6.07, 6.45) is 1.10. The van der Waals surface area contributed by atoms with Gasteiger partial charge < -0.3 is 5.32 Å². The average Bonchev–Trinajstić information content (AvgIpc) is 2.93. The molecule has 1 aromatic rings. The minimum atomic E-state index is -0.307. The minimum Gasteiger partial charge on any atom is -0.319 e. The summed E-state index contributed by atoms with van der Waals surface area (Å²) in [5.41, 5.74) is 5.41. The number of benzene rings is 1. The van der Waals surface area contributed by atoms with Crippen LogP contribution in [0, 0.1) is 5.92 Å². The molecule has 1 unspecified atom stereocenters. The van der Waals surface area contributed by atoms with Crippen molar-refractivity contribution in [2.45, 2.75) is 6.42 Å². The number of nitrogens with one attached hydrogen (secondary N) is 3. The van der Waals surface area contributed by atoms with E-state index in [9.17, 15) is 9.59 Å². The van der Waals surface area contributed by atoms with E-state index in [2.05, 4.69) is 21.1 Å². The number of hydrazine groups is 1. The Kier molecular flexibility index (Phi) is 5.71. The average molecular weight is 290 g/mol. The number of amides is 2. The Bertz CT molecular complexity index is 478. The second-order valence-corrected chi connectivity index (χ2v) is 5.32. The van der Waals surface area contributed by atoms with Crippen molar-refractivity contribution >= 4 is 11.8 Å². The predicted molar refractivity (Wildman–Crippen MR) is 80.5 cm³/mol. The van der Waals surface area contributed by atoms with Crippen LogP contribution in [0.15, 0.2) is 30.3 Å². The molecule has 3 N–H and O–H groups in total. The van der Waals surface area contributed by atoms with Crippen molar-refractivity contribution in [1.29, 1.82) is 0 Å². The van der Waals surface area contributed by atoms with Crippen LogP contribution in [-0.4, -0.2) is 49.9 Å². The molecule has 6 nitrogen and oxygen atoms in total. The highest BCUT2D eigenvalue weighted by molar-refractivity contribution is 5.95.